The van der Waals surface area contributed by atoms with Gasteiger partial charge in [-0.3, -0.25) is 4.79 Å². The first kappa shape index (κ1) is 17.7. The van der Waals surface area contributed by atoms with Gasteiger partial charge in [-0.05, 0) is 44.1 Å². The van der Waals surface area contributed by atoms with Crippen molar-refractivity contribution >= 4 is 11.7 Å². The summed E-state index contributed by atoms with van der Waals surface area (Å²) in [5, 5.41) is 18.4. The van der Waals surface area contributed by atoms with E-state index in [4.69, 9.17) is 0 Å². The minimum atomic E-state index is 0.119. The quantitative estimate of drug-likeness (QED) is 0.840. The predicted molar refractivity (Wildman–Crippen MR) is 96.3 cm³/mol. The molecule has 6 heteroatoms. The summed E-state index contributed by atoms with van der Waals surface area (Å²) in [6, 6.07) is 2.35. The molecule has 1 aromatic heterocycles. The van der Waals surface area contributed by atoms with E-state index in [0.29, 0.717) is 17.3 Å². The molecule has 0 aliphatic carbocycles. The molecular formula is C19H27N5O. The average molecular weight is 341 g/mol. The van der Waals surface area contributed by atoms with Crippen LogP contribution in [0, 0.1) is 17.2 Å². The molecule has 0 saturated carbocycles. The number of nitrogens with zero attached hydrogens (tertiary/aromatic N) is 5. The van der Waals surface area contributed by atoms with Crippen LogP contribution in [0.25, 0.3) is 0 Å². The molecule has 0 atom stereocenters. The van der Waals surface area contributed by atoms with Crippen molar-refractivity contribution < 1.29 is 4.79 Å². The number of carbonyl (C=O) groups excluding carboxylic acids is 1. The number of hydrogen-bond acceptors (Lipinski definition) is 5. The third-order valence-electron chi connectivity index (χ3n) is 5.50. The van der Waals surface area contributed by atoms with Crippen molar-refractivity contribution in [3.8, 4) is 6.07 Å². The van der Waals surface area contributed by atoms with Gasteiger partial charge in [0.25, 0.3) is 0 Å². The maximum atomic E-state index is 12.6. The number of carbonyl (C=O) groups is 1. The summed E-state index contributed by atoms with van der Waals surface area (Å²) in [5.74, 6) is 1.14. The van der Waals surface area contributed by atoms with Gasteiger partial charge in [-0.15, -0.1) is 5.10 Å². The van der Waals surface area contributed by atoms with E-state index in [1.807, 2.05) is 11.8 Å². The smallest absolute Gasteiger partial charge is 0.225 e. The lowest BCUT2D eigenvalue weighted by molar-refractivity contribution is -0.135. The van der Waals surface area contributed by atoms with Crippen LogP contribution in [0.1, 0.15) is 56.4 Å². The van der Waals surface area contributed by atoms with Crippen molar-refractivity contribution in [3.63, 3.8) is 0 Å². The Morgan fingerprint density at radius 3 is 2.36 bits per heavy atom. The minimum Gasteiger partial charge on any atom is -0.354 e. The van der Waals surface area contributed by atoms with Gasteiger partial charge in [0.05, 0.1) is 5.69 Å². The highest BCUT2D eigenvalue weighted by molar-refractivity contribution is 5.79. The maximum Gasteiger partial charge on any atom is 0.225 e. The van der Waals surface area contributed by atoms with Crippen molar-refractivity contribution in [2.45, 2.75) is 52.4 Å². The number of rotatable bonds is 4. The number of anilines is 1. The number of nitriles is 1. The molecule has 1 aromatic rings. The Bertz CT molecular complexity index is 667. The van der Waals surface area contributed by atoms with E-state index in [1.54, 1.807) is 0 Å². The van der Waals surface area contributed by atoms with Crippen molar-refractivity contribution in [1.29, 1.82) is 5.26 Å². The van der Waals surface area contributed by atoms with Gasteiger partial charge in [-0.25, -0.2) is 0 Å². The molecule has 3 heterocycles. The van der Waals surface area contributed by atoms with Crippen LogP contribution in [0.3, 0.4) is 0 Å². The zero-order valence-corrected chi connectivity index (χ0v) is 15.3. The lowest BCUT2D eigenvalue weighted by Gasteiger charge is -2.34. The number of aromatic nitrogens is 2. The highest BCUT2D eigenvalue weighted by Gasteiger charge is 2.31. The van der Waals surface area contributed by atoms with Crippen molar-refractivity contribution in [2.75, 3.05) is 31.1 Å². The normalized spacial score (nSPS) is 18.4. The Morgan fingerprint density at radius 1 is 1.12 bits per heavy atom. The van der Waals surface area contributed by atoms with Gasteiger partial charge >= 0.3 is 0 Å². The number of amides is 1. The standard InChI is InChI=1S/C19H27N5O/c1-3-15-16(13-20)18(22-21-17(15)4-2)23-11-7-14(8-12-23)19(25)24-9-5-6-10-24/h14H,3-12H2,1-2H3. The fraction of sp³-hybridized carbons (Fsp3) is 0.684. The Morgan fingerprint density at radius 2 is 1.80 bits per heavy atom. The van der Waals surface area contributed by atoms with Crippen LogP contribution < -0.4 is 4.90 Å². The zero-order valence-electron chi connectivity index (χ0n) is 15.3. The van der Waals surface area contributed by atoms with E-state index in [0.717, 1.165) is 76.0 Å². The summed E-state index contributed by atoms with van der Waals surface area (Å²) in [6.07, 6.45) is 5.51. The number of aryl methyl sites for hydroxylation is 1. The van der Waals surface area contributed by atoms with Gasteiger partial charge in [-0.2, -0.15) is 10.4 Å². The molecule has 2 fully saturated rings. The van der Waals surface area contributed by atoms with Gasteiger partial charge in [0.1, 0.15) is 11.6 Å². The molecule has 1 amide bonds. The van der Waals surface area contributed by atoms with E-state index in [2.05, 4.69) is 28.1 Å². The van der Waals surface area contributed by atoms with Gasteiger partial charge in [0.2, 0.25) is 5.91 Å². The second-order valence-corrected chi connectivity index (χ2v) is 6.94. The molecule has 0 bridgehead atoms. The molecule has 25 heavy (non-hydrogen) atoms. The van der Waals surface area contributed by atoms with E-state index in [-0.39, 0.29) is 5.92 Å². The molecular weight excluding hydrogens is 314 g/mol. The van der Waals surface area contributed by atoms with Crippen LogP contribution in [0.5, 0.6) is 0 Å². The van der Waals surface area contributed by atoms with E-state index < -0.39 is 0 Å². The molecule has 2 aliphatic heterocycles. The van der Waals surface area contributed by atoms with E-state index in [1.165, 1.54) is 0 Å². The molecule has 3 rings (SSSR count). The molecule has 0 radical (unpaired) electrons. The van der Waals surface area contributed by atoms with Gasteiger partial charge in [0.15, 0.2) is 5.82 Å². The summed E-state index contributed by atoms with van der Waals surface area (Å²) in [6.45, 7) is 7.47. The van der Waals surface area contributed by atoms with Crippen LogP contribution in [-0.4, -0.2) is 47.2 Å². The topological polar surface area (TPSA) is 73.1 Å². The lowest BCUT2D eigenvalue weighted by Crippen LogP contribution is -2.42. The molecule has 6 nitrogen and oxygen atoms in total. The van der Waals surface area contributed by atoms with Crippen molar-refractivity contribution in [3.05, 3.63) is 16.8 Å². The molecule has 2 aliphatic rings. The molecule has 0 N–H and O–H groups in total. The van der Waals surface area contributed by atoms with Crippen molar-refractivity contribution in [1.82, 2.24) is 15.1 Å². The monoisotopic (exact) mass is 341 g/mol. The zero-order chi connectivity index (χ0) is 17.8. The molecule has 134 valence electrons. The molecule has 0 spiro atoms. The Labute approximate surface area is 149 Å². The van der Waals surface area contributed by atoms with Gasteiger partial charge in [-0.1, -0.05) is 13.8 Å². The van der Waals surface area contributed by atoms with Crippen LogP contribution in [0.2, 0.25) is 0 Å². The van der Waals surface area contributed by atoms with Gasteiger partial charge < -0.3 is 9.80 Å². The van der Waals surface area contributed by atoms with Crippen LogP contribution >= 0.6 is 0 Å². The summed E-state index contributed by atoms with van der Waals surface area (Å²) >= 11 is 0. The third-order valence-corrected chi connectivity index (χ3v) is 5.50. The fourth-order valence-electron chi connectivity index (χ4n) is 4.04. The number of piperidine rings is 1. The first-order valence-electron chi connectivity index (χ1n) is 9.51. The third kappa shape index (κ3) is 3.46. The average Bonchev–Trinajstić information content (AvgIpc) is 3.21. The van der Waals surface area contributed by atoms with Crippen LogP contribution in [0.4, 0.5) is 5.82 Å². The van der Waals surface area contributed by atoms with Crippen molar-refractivity contribution in [2.24, 2.45) is 5.92 Å². The summed E-state index contributed by atoms with van der Waals surface area (Å²) in [5.41, 5.74) is 2.60. The largest absolute Gasteiger partial charge is 0.354 e. The Kier molecular flexibility index (Phi) is 5.52. The summed E-state index contributed by atoms with van der Waals surface area (Å²) < 4.78 is 0. The Balaban J connectivity index is 1.72. The predicted octanol–water partition coefficient (Wildman–Crippen LogP) is 2.31. The van der Waals surface area contributed by atoms with Gasteiger partial charge in [0, 0.05) is 32.1 Å². The molecule has 2 saturated heterocycles. The highest BCUT2D eigenvalue weighted by Crippen LogP contribution is 2.28. The van der Waals surface area contributed by atoms with Crippen LogP contribution in [0.15, 0.2) is 0 Å². The van der Waals surface area contributed by atoms with E-state index in [9.17, 15) is 10.1 Å². The molecule has 0 aromatic carbocycles. The number of likely N-dealkylation sites (tertiary alicyclic amines) is 1. The van der Waals surface area contributed by atoms with E-state index >= 15 is 0 Å². The number of hydrogen-bond donors (Lipinski definition) is 0. The highest BCUT2D eigenvalue weighted by atomic mass is 16.2. The summed E-state index contributed by atoms with van der Waals surface area (Å²) in [7, 11) is 0. The molecule has 0 unspecified atom stereocenters. The second kappa shape index (κ2) is 7.81. The Hall–Kier alpha value is -2.16. The maximum absolute atomic E-state index is 12.6. The summed E-state index contributed by atoms with van der Waals surface area (Å²) in [4.78, 5) is 16.7. The fourth-order valence-corrected chi connectivity index (χ4v) is 4.04. The van der Waals surface area contributed by atoms with Crippen LogP contribution in [-0.2, 0) is 17.6 Å². The second-order valence-electron chi connectivity index (χ2n) is 6.94. The lowest BCUT2D eigenvalue weighted by atomic mass is 9.94. The minimum absolute atomic E-state index is 0.119. The first-order chi connectivity index (χ1) is 12.2. The SMILES string of the molecule is CCc1nnc(N2CCC(C(=O)N3CCCC3)CC2)c(C#N)c1CC. The first-order valence-corrected chi connectivity index (χ1v) is 9.51.